The van der Waals surface area contributed by atoms with Crippen molar-refractivity contribution < 1.29 is 14.3 Å². The van der Waals surface area contributed by atoms with Gasteiger partial charge < -0.3 is 14.8 Å². The molecule has 2 heterocycles. The van der Waals surface area contributed by atoms with E-state index in [9.17, 15) is 14.7 Å². The largest absolute Gasteiger partial charge is 0.505 e. The van der Waals surface area contributed by atoms with Crippen LogP contribution in [0, 0.1) is 6.92 Å². The fraction of sp³-hybridized carbons (Fsp3) is 0.227. The number of oxazole rings is 1. The molecule has 0 aliphatic rings. The first-order valence-corrected chi connectivity index (χ1v) is 9.47. The molecule has 7 nitrogen and oxygen atoms in total. The number of pyridine rings is 1. The number of aromatic hydroxyl groups is 1. The van der Waals surface area contributed by atoms with Crippen LogP contribution < -0.4 is 11.1 Å². The van der Waals surface area contributed by atoms with Crippen LogP contribution >= 0.6 is 0 Å². The number of fused-ring (bicyclic) bond motifs is 2. The molecule has 148 valence electrons. The van der Waals surface area contributed by atoms with Crippen molar-refractivity contribution in [2.45, 2.75) is 32.7 Å². The first-order valence-electron chi connectivity index (χ1n) is 9.47. The number of amides is 1. The number of benzene rings is 2. The second kappa shape index (κ2) is 7.43. The SMILES string of the molecule is CCCC(=O)NC(c1ccc2[nH]c(=O)oc2c1)c1cc(C)c2cccnc2c1O. The lowest BCUT2D eigenvalue weighted by atomic mass is 9.93. The van der Waals surface area contributed by atoms with Crippen molar-refractivity contribution >= 4 is 27.9 Å². The Morgan fingerprint density at radius 2 is 2.14 bits per heavy atom. The second-order valence-electron chi connectivity index (χ2n) is 7.05. The van der Waals surface area contributed by atoms with Crippen LogP contribution in [0.1, 0.15) is 42.5 Å². The minimum Gasteiger partial charge on any atom is -0.505 e. The summed E-state index contributed by atoms with van der Waals surface area (Å²) >= 11 is 0. The third kappa shape index (κ3) is 3.47. The Balaban J connectivity index is 1.90. The number of phenolic OH excluding ortho intramolecular Hbond substituents is 1. The van der Waals surface area contributed by atoms with Crippen molar-refractivity contribution in [3.05, 3.63) is 69.8 Å². The van der Waals surface area contributed by atoms with Gasteiger partial charge in [0.05, 0.1) is 11.6 Å². The molecule has 29 heavy (non-hydrogen) atoms. The molecule has 7 heteroatoms. The molecule has 2 aromatic heterocycles. The average Bonchev–Trinajstić information content (AvgIpc) is 3.08. The van der Waals surface area contributed by atoms with Gasteiger partial charge in [-0.2, -0.15) is 0 Å². The Morgan fingerprint density at radius 3 is 2.93 bits per heavy atom. The summed E-state index contributed by atoms with van der Waals surface area (Å²) in [5.74, 6) is -0.660. The molecule has 1 unspecified atom stereocenters. The van der Waals surface area contributed by atoms with E-state index in [0.717, 1.165) is 10.9 Å². The lowest BCUT2D eigenvalue weighted by Crippen LogP contribution is -2.29. The van der Waals surface area contributed by atoms with Crippen LogP contribution in [0.3, 0.4) is 0 Å². The highest BCUT2D eigenvalue weighted by molar-refractivity contribution is 5.89. The van der Waals surface area contributed by atoms with Gasteiger partial charge in [-0.25, -0.2) is 4.79 Å². The van der Waals surface area contributed by atoms with E-state index < -0.39 is 11.8 Å². The molecule has 4 rings (SSSR count). The summed E-state index contributed by atoms with van der Waals surface area (Å²) < 4.78 is 5.17. The molecular weight excluding hydrogens is 370 g/mol. The summed E-state index contributed by atoms with van der Waals surface area (Å²) in [5.41, 5.74) is 3.59. The highest BCUT2D eigenvalue weighted by atomic mass is 16.4. The van der Waals surface area contributed by atoms with Gasteiger partial charge in [-0.1, -0.05) is 19.1 Å². The number of rotatable bonds is 5. The Bertz CT molecular complexity index is 1270. The first-order chi connectivity index (χ1) is 14.0. The van der Waals surface area contributed by atoms with E-state index in [2.05, 4.69) is 15.3 Å². The van der Waals surface area contributed by atoms with Gasteiger partial charge in [0.15, 0.2) is 5.58 Å². The maximum atomic E-state index is 12.4. The number of aromatic amines is 1. The fourth-order valence-corrected chi connectivity index (χ4v) is 3.59. The molecule has 1 amide bonds. The number of carbonyl (C=O) groups excluding carboxylic acids is 1. The lowest BCUT2D eigenvalue weighted by molar-refractivity contribution is -0.121. The van der Waals surface area contributed by atoms with Crippen LogP contribution in [0.5, 0.6) is 5.75 Å². The third-order valence-electron chi connectivity index (χ3n) is 4.97. The molecule has 0 spiro atoms. The summed E-state index contributed by atoms with van der Waals surface area (Å²) in [6.07, 6.45) is 2.69. The summed E-state index contributed by atoms with van der Waals surface area (Å²) in [4.78, 5) is 30.9. The van der Waals surface area contributed by atoms with Crippen molar-refractivity contribution in [1.29, 1.82) is 0 Å². The summed E-state index contributed by atoms with van der Waals surface area (Å²) in [6.45, 7) is 3.86. The van der Waals surface area contributed by atoms with Gasteiger partial charge in [0.2, 0.25) is 5.91 Å². The molecule has 1 atom stereocenters. The number of carbonyl (C=O) groups is 1. The first kappa shape index (κ1) is 18.7. The van der Waals surface area contributed by atoms with Gasteiger partial charge in [0.1, 0.15) is 11.3 Å². The van der Waals surface area contributed by atoms with Gasteiger partial charge >= 0.3 is 5.76 Å². The molecule has 0 saturated carbocycles. The van der Waals surface area contributed by atoms with Gasteiger partial charge in [-0.05, 0) is 48.7 Å². The second-order valence-corrected chi connectivity index (χ2v) is 7.05. The van der Waals surface area contributed by atoms with Gasteiger partial charge in [-0.3, -0.25) is 14.8 Å². The number of hydrogen-bond acceptors (Lipinski definition) is 5. The van der Waals surface area contributed by atoms with E-state index in [-0.39, 0.29) is 11.7 Å². The monoisotopic (exact) mass is 391 g/mol. The van der Waals surface area contributed by atoms with Gasteiger partial charge in [-0.15, -0.1) is 0 Å². The molecule has 0 fully saturated rings. The predicted octanol–water partition coefficient (Wildman–Crippen LogP) is 3.69. The number of nitrogens with one attached hydrogen (secondary N) is 2. The van der Waals surface area contributed by atoms with E-state index in [1.165, 1.54) is 0 Å². The van der Waals surface area contributed by atoms with Crippen LogP contribution in [0.2, 0.25) is 0 Å². The van der Waals surface area contributed by atoms with E-state index in [4.69, 9.17) is 4.42 Å². The van der Waals surface area contributed by atoms with E-state index in [1.807, 2.05) is 32.0 Å². The molecule has 4 aromatic rings. The van der Waals surface area contributed by atoms with Crippen molar-refractivity contribution in [3.8, 4) is 5.75 Å². The average molecular weight is 391 g/mol. The lowest BCUT2D eigenvalue weighted by Gasteiger charge is -2.22. The van der Waals surface area contributed by atoms with E-state index in [1.54, 1.807) is 24.4 Å². The number of phenols is 1. The smallest absolute Gasteiger partial charge is 0.417 e. The molecule has 0 aliphatic carbocycles. The predicted molar refractivity (Wildman–Crippen MR) is 110 cm³/mol. The van der Waals surface area contributed by atoms with Crippen LogP contribution in [-0.2, 0) is 4.79 Å². The molecule has 0 bridgehead atoms. The molecule has 3 N–H and O–H groups in total. The van der Waals surface area contributed by atoms with E-state index in [0.29, 0.717) is 40.6 Å². The van der Waals surface area contributed by atoms with Crippen molar-refractivity contribution in [3.63, 3.8) is 0 Å². The van der Waals surface area contributed by atoms with E-state index >= 15 is 0 Å². The van der Waals surface area contributed by atoms with Crippen molar-refractivity contribution in [1.82, 2.24) is 15.3 Å². The van der Waals surface area contributed by atoms with Gasteiger partial charge in [0, 0.05) is 23.6 Å². The number of hydrogen-bond donors (Lipinski definition) is 3. The minimum absolute atomic E-state index is 0.0172. The zero-order valence-electron chi connectivity index (χ0n) is 16.2. The Kier molecular flexibility index (Phi) is 4.80. The fourth-order valence-electron chi connectivity index (χ4n) is 3.59. The van der Waals surface area contributed by atoms with Crippen LogP contribution in [-0.4, -0.2) is 21.0 Å². The van der Waals surface area contributed by atoms with Crippen LogP contribution in [0.4, 0.5) is 0 Å². The molecular formula is C22H21N3O4. The minimum atomic E-state index is -0.622. The number of H-pyrrole nitrogens is 1. The summed E-state index contributed by atoms with van der Waals surface area (Å²) in [6, 6.07) is 10.2. The number of aromatic nitrogens is 2. The maximum absolute atomic E-state index is 12.4. The standard InChI is InChI=1S/C22H21N3O4/c1-3-5-18(26)25-19(13-7-8-16-17(11-13)29-22(28)24-16)15-10-12(2)14-6-4-9-23-20(14)21(15)27/h4,6-11,19,27H,3,5H2,1-2H3,(H,24,28)(H,25,26). The van der Waals surface area contributed by atoms with Gasteiger partial charge in [0.25, 0.3) is 0 Å². The van der Waals surface area contributed by atoms with Crippen molar-refractivity contribution in [2.75, 3.05) is 0 Å². The normalized spacial score (nSPS) is 12.3. The quantitative estimate of drug-likeness (QED) is 0.481. The Labute approximate surface area is 166 Å². The summed E-state index contributed by atoms with van der Waals surface area (Å²) in [5, 5.41) is 14.8. The third-order valence-corrected chi connectivity index (χ3v) is 4.97. The number of aryl methyl sites for hydroxylation is 1. The van der Waals surface area contributed by atoms with Crippen LogP contribution in [0.15, 0.2) is 51.8 Å². The molecule has 2 aromatic carbocycles. The number of nitrogens with zero attached hydrogens (tertiary/aromatic N) is 1. The maximum Gasteiger partial charge on any atom is 0.417 e. The highest BCUT2D eigenvalue weighted by Gasteiger charge is 2.23. The Hall–Kier alpha value is -3.61. The van der Waals surface area contributed by atoms with Crippen molar-refractivity contribution in [2.24, 2.45) is 0 Å². The Morgan fingerprint density at radius 1 is 1.31 bits per heavy atom. The molecule has 0 saturated heterocycles. The zero-order valence-corrected chi connectivity index (χ0v) is 16.2. The van der Waals surface area contributed by atoms with Crippen LogP contribution in [0.25, 0.3) is 22.0 Å². The zero-order chi connectivity index (χ0) is 20.5. The highest BCUT2D eigenvalue weighted by Crippen LogP contribution is 2.37. The topological polar surface area (TPSA) is 108 Å². The summed E-state index contributed by atoms with van der Waals surface area (Å²) in [7, 11) is 0. The molecule has 0 radical (unpaired) electrons. The molecule has 0 aliphatic heterocycles.